The van der Waals surface area contributed by atoms with Gasteiger partial charge in [-0.15, -0.1) is 0 Å². The molecular formula is C22H24N6O4S. The topological polar surface area (TPSA) is 120 Å². The Labute approximate surface area is 191 Å². The first-order chi connectivity index (χ1) is 15.9. The van der Waals surface area contributed by atoms with Crippen molar-refractivity contribution in [1.82, 2.24) is 19.3 Å². The number of aromatic nitrogens is 3. The lowest BCUT2D eigenvalue weighted by atomic mass is 10.2. The van der Waals surface area contributed by atoms with Gasteiger partial charge in [0.05, 0.1) is 22.8 Å². The molecule has 4 heterocycles. The number of hydrogen-bond acceptors (Lipinski definition) is 8. The number of piperazine rings is 1. The minimum atomic E-state index is -3.97. The Morgan fingerprint density at radius 2 is 1.70 bits per heavy atom. The lowest BCUT2D eigenvalue weighted by molar-refractivity contribution is -0.141. The fourth-order valence-corrected chi connectivity index (χ4v) is 5.97. The monoisotopic (exact) mass is 468 g/mol. The number of carbonyl (C=O) groups is 1. The molecule has 5 rings (SSSR count). The van der Waals surface area contributed by atoms with Gasteiger partial charge in [0.15, 0.2) is 0 Å². The van der Waals surface area contributed by atoms with Gasteiger partial charge in [0.2, 0.25) is 10.0 Å². The maximum Gasteiger partial charge on any atom is 0.323 e. The molecule has 33 heavy (non-hydrogen) atoms. The highest BCUT2D eigenvalue weighted by atomic mass is 32.2. The summed E-state index contributed by atoms with van der Waals surface area (Å²) in [7, 11) is -3.97. The molecule has 2 aliphatic rings. The van der Waals surface area contributed by atoms with Crippen molar-refractivity contribution in [2.75, 3.05) is 42.5 Å². The van der Waals surface area contributed by atoms with Gasteiger partial charge in [0.25, 0.3) is 0 Å². The van der Waals surface area contributed by atoms with Crippen LogP contribution in [0.3, 0.4) is 0 Å². The fraction of sp³-hybridized carbons (Fsp3) is 0.364. The molecule has 0 bridgehead atoms. The molecule has 2 aliphatic heterocycles. The molecule has 0 aliphatic carbocycles. The maximum absolute atomic E-state index is 13.3. The normalized spacial score (nSPS) is 19.8. The van der Waals surface area contributed by atoms with Gasteiger partial charge in [-0.05, 0) is 43.2 Å². The van der Waals surface area contributed by atoms with Gasteiger partial charge in [0.1, 0.15) is 17.4 Å². The van der Waals surface area contributed by atoms with Gasteiger partial charge in [-0.3, -0.25) is 9.78 Å². The number of aliphatic carboxylic acids is 1. The lowest BCUT2D eigenvalue weighted by Gasteiger charge is -2.38. The third-order valence-corrected chi connectivity index (χ3v) is 8.11. The highest BCUT2D eigenvalue weighted by molar-refractivity contribution is 7.89. The number of nitrogens with zero attached hydrogens (tertiary/aromatic N) is 6. The van der Waals surface area contributed by atoms with E-state index < -0.39 is 22.0 Å². The van der Waals surface area contributed by atoms with Crippen molar-refractivity contribution in [3.05, 3.63) is 48.9 Å². The highest BCUT2D eigenvalue weighted by Crippen LogP contribution is 2.27. The molecule has 1 N–H and O–H groups in total. The van der Waals surface area contributed by atoms with Gasteiger partial charge >= 0.3 is 5.97 Å². The van der Waals surface area contributed by atoms with Crippen molar-refractivity contribution in [2.24, 2.45) is 0 Å². The number of pyridine rings is 1. The summed E-state index contributed by atoms with van der Waals surface area (Å²) in [5, 5.41) is 9.86. The molecule has 0 radical (unpaired) electrons. The Morgan fingerprint density at radius 3 is 2.42 bits per heavy atom. The minimum absolute atomic E-state index is 0.0221. The summed E-state index contributed by atoms with van der Waals surface area (Å²) in [6.45, 7) is 2.24. The smallest absolute Gasteiger partial charge is 0.323 e. The second-order valence-corrected chi connectivity index (χ2v) is 10.1. The summed E-state index contributed by atoms with van der Waals surface area (Å²) in [6, 6.07) is 7.21. The fourth-order valence-electron chi connectivity index (χ4n) is 4.41. The molecule has 0 saturated carbocycles. The van der Waals surface area contributed by atoms with Crippen LogP contribution in [0.15, 0.2) is 53.8 Å². The zero-order valence-corrected chi connectivity index (χ0v) is 18.7. The molecule has 10 nitrogen and oxygen atoms in total. The van der Waals surface area contributed by atoms with E-state index in [4.69, 9.17) is 0 Å². The number of carboxylic acid groups (broad SMARTS) is 1. The molecule has 2 fully saturated rings. The van der Waals surface area contributed by atoms with E-state index in [9.17, 15) is 18.3 Å². The average molecular weight is 469 g/mol. The van der Waals surface area contributed by atoms with Crippen molar-refractivity contribution in [3.8, 4) is 0 Å². The number of fused-ring (bicyclic) bond motifs is 1. The van der Waals surface area contributed by atoms with Crippen LogP contribution in [0.25, 0.3) is 11.0 Å². The summed E-state index contributed by atoms with van der Waals surface area (Å²) in [5.41, 5.74) is 2.26. The first kappa shape index (κ1) is 21.5. The van der Waals surface area contributed by atoms with E-state index >= 15 is 0 Å². The van der Waals surface area contributed by atoms with Crippen LogP contribution in [0.5, 0.6) is 0 Å². The first-order valence-electron chi connectivity index (χ1n) is 10.8. The molecule has 11 heteroatoms. The summed E-state index contributed by atoms with van der Waals surface area (Å²) in [5.74, 6) is -0.693. The summed E-state index contributed by atoms with van der Waals surface area (Å²) in [6.07, 6.45) is 7.03. The van der Waals surface area contributed by atoms with E-state index in [1.807, 2.05) is 0 Å². The van der Waals surface area contributed by atoms with E-state index in [2.05, 4.69) is 19.9 Å². The maximum atomic E-state index is 13.3. The standard InChI is InChI=1S/C22H24N6O4S/c29-22(30)20-15-27(21-14-24-19-13-23-8-7-18(19)25-21)11-12-28(20)33(31,32)17-5-3-16(4-6-17)26-9-1-2-10-26/h3-8,13-14,20H,1-2,9-12,15H2,(H,29,30)/t20-/m1/s1. The van der Waals surface area contributed by atoms with Crippen LogP contribution < -0.4 is 9.80 Å². The molecule has 2 aromatic heterocycles. The third kappa shape index (κ3) is 4.09. The molecule has 1 atom stereocenters. The number of sulfonamides is 1. The largest absolute Gasteiger partial charge is 0.480 e. The summed E-state index contributed by atoms with van der Waals surface area (Å²) in [4.78, 5) is 29.0. The van der Waals surface area contributed by atoms with E-state index in [-0.39, 0.29) is 18.0 Å². The van der Waals surface area contributed by atoms with E-state index in [1.165, 1.54) is 0 Å². The number of rotatable bonds is 5. The molecule has 1 aromatic carbocycles. The number of anilines is 2. The molecule has 0 unspecified atom stereocenters. The molecule has 172 valence electrons. The van der Waals surface area contributed by atoms with Crippen molar-refractivity contribution in [2.45, 2.75) is 23.8 Å². The molecule has 3 aromatic rings. The van der Waals surface area contributed by atoms with Crippen LogP contribution >= 0.6 is 0 Å². The Morgan fingerprint density at radius 1 is 0.939 bits per heavy atom. The Balaban J connectivity index is 1.38. The minimum Gasteiger partial charge on any atom is -0.480 e. The summed E-state index contributed by atoms with van der Waals surface area (Å²) < 4.78 is 27.8. The van der Waals surface area contributed by atoms with Gasteiger partial charge in [0, 0.05) is 44.6 Å². The number of carboxylic acids is 1. The predicted octanol–water partition coefficient (Wildman–Crippen LogP) is 1.59. The molecule has 2 saturated heterocycles. The van der Waals surface area contributed by atoms with E-state index in [0.717, 1.165) is 35.9 Å². The Kier molecular flexibility index (Phi) is 5.59. The SMILES string of the molecule is O=C(O)[C@H]1CN(c2cnc3cnccc3n2)CCN1S(=O)(=O)c1ccc(N2CCCC2)cc1. The van der Waals surface area contributed by atoms with Crippen LogP contribution in [0.2, 0.25) is 0 Å². The van der Waals surface area contributed by atoms with Gasteiger partial charge < -0.3 is 14.9 Å². The van der Waals surface area contributed by atoms with Gasteiger partial charge in [-0.2, -0.15) is 4.31 Å². The average Bonchev–Trinajstić information content (AvgIpc) is 3.38. The van der Waals surface area contributed by atoms with Crippen molar-refractivity contribution in [3.63, 3.8) is 0 Å². The number of benzene rings is 1. The van der Waals surface area contributed by atoms with Gasteiger partial charge in [-0.1, -0.05) is 0 Å². The Bertz CT molecular complexity index is 1280. The van der Waals surface area contributed by atoms with Crippen molar-refractivity contribution < 1.29 is 18.3 Å². The van der Waals surface area contributed by atoms with Crippen LogP contribution in [0.1, 0.15) is 12.8 Å². The lowest BCUT2D eigenvalue weighted by Crippen LogP contribution is -2.58. The second kappa shape index (κ2) is 8.56. The zero-order chi connectivity index (χ0) is 23.0. The molecule has 0 amide bonds. The Hall–Kier alpha value is -3.31. The summed E-state index contributed by atoms with van der Waals surface area (Å²) >= 11 is 0. The van der Waals surface area contributed by atoms with Crippen LogP contribution in [-0.2, 0) is 14.8 Å². The van der Waals surface area contributed by atoms with Crippen LogP contribution in [-0.4, -0.2) is 77.5 Å². The van der Waals surface area contributed by atoms with Gasteiger partial charge in [-0.25, -0.2) is 18.4 Å². The highest BCUT2D eigenvalue weighted by Gasteiger charge is 2.40. The quantitative estimate of drug-likeness (QED) is 0.595. The van der Waals surface area contributed by atoms with Crippen LogP contribution in [0, 0.1) is 0 Å². The van der Waals surface area contributed by atoms with E-state index in [0.29, 0.717) is 23.4 Å². The van der Waals surface area contributed by atoms with Crippen LogP contribution in [0.4, 0.5) is 11.5 Å². The first-order valence-corrected chi connectivity index (χ1v) is 12.3. The van der Waals surface area contributed by atoms with E-state index in [1.54, 1.807) is 53.8 Å². The molecule has 0 spiro atoms. The number of hydrogen-bond donors (Lipinski definition) is 1. The van der Waals surface area contributed by atoms with Crippen molar-refractivity contribution >= 4 is 38.5 Å². The predicted molar refractivity (Wildman–Crippen MR) is 123 cm³/mol. The van der Waals surface area contributed by atoms with Crippen molar-refractivity contribution in [1.29, 1.82) is 0 Å². The zero-order valence-electron chi connectivity index (χ0n) is 17.9. The molecular weight excluding hydrogens is 444 g/mol. The second-order valence-electron chi connectivity index (χ2n) is 8.20. The third-order valence-electron chi connectivity index (χ3n) is 6.19.